The first-order valence-corrected chi connectivity index (χ1v) is 11.9. The number of nitrogen functional groups attached to an aromatic ring is 2. The van der Waals surface area contributed by atoms with E-state index < -0.39 is 26.0 Å². The van der Waals surface area contributed by atoms with Crippen molar-refractivity contribution in [3.63, 3.8) is 0 Å². The topological polar surface area (TPSA) is 187 Å². The summed E-state index contributed by atoms with van der Waals surface area (Å²) in [6, 6.07) is 13.1. The van der Waals surface area contributed by atoms with E-state index in [1.54, 1.807) is 13.0 Å². The molecule has 0 unspecified atom stereocenters. The number of sulfonamides is 2. The summed E-state index contributed by atoms with van der Waals surface area (Å²) in [5.74, 6) is -0.575. The SMILES string of the molecule is CC(=O)NS(=O)(=O)c1ccc(N)cc1.Cc1ccnc(NS(=O)(=O)c2ccc(N)cc2)n1. The van der Waals surface area contributed by atoms with Gasteiger partial charge in [0.15, 0.2) is 0 Å². The van der Waals surface area contributed by atoms with E-state index in [4.69, 9.17) is 11.5 Å². The van der Waals surface area contributed by atoms with Crippen LogP contribution < -0.4 is 20.9 Å². The van der Waals surface area contributed by atoms with Crippen LogP contribution in [0.25, 0.3) is 0 Å². The van der Waals surface area contributed by atoms with Gasteiger partial charge in [0, 0.05) is 30.2 Å². The fraction of sp³-hybridized carbons (Fsp3) is 0.105. The van der Waals surface area contributed by atoms with E-state index in [2.05, 4.69) is 14.7 Å². The maximum atomic E-state index is 12.0. The van der Waals surface area contributed by atoms with Gasteiger partial charge in [0.1, 0.15) is 0 Å². The van der Waals surface area contributed by atoms with Crippen molar-refractivity contribution in [2.75, 3.05) is 16.2 Å². The molecule has 3 rings (SSSR count). The Hall–Kier alpha value is -3.71. The van der Waals surface area contributed by atoms with Gasteiger partial charge in [-0.1, -0.05) is 0 Å². The lowest BCUT2D eigenvalue weighted by atomic mass is 10.3. The molecule has 11 nitrogen and oxygen atoms in total. The van der Waals surface area contributed by atoms with Crippen LogP contribution >= 0.6 is 0 Å². The Bertz CT molecular complexity index is 1290. The Balaban J connectivity index is 0.000000235. The predicted octanol–water partition coefficient (Wildman–Crippen LogP) is 1.26. The van der Waals surface area contributed by atoms with Crippen molar-refractivity contribution in [3.05, 3.63) is 66.5 Å². The number of nitrogens with two attached hydrogens (primary N) is 2. The molecule has 0 atom stereocenters. The third kappa shape index (κ3) is 7.21. The molecule has 1 heterocycles. The summed E-state index contributed by atoms with van der Waals surface area (Å²) in [5.41, 5.74) is 12.5. The van der Waals surface area contributed by atoms with E-state index in [1.165, 1.54) is 54.7 Å². The summed E-state index contributed by atoms with van der Waals surface area (Å²) in [5, 5.41) is 0. The Morgan fingerprint density at radius 1 is 0.812 bits per heavy atom. The van der Waals surface area contributed by atoms with Gasteiger partial charge < -0.3 is 11.5 Å². The number of aromatic nitrogens is 2. The van der Waals surface area contributed by atoms with Gasteiger partial charge >= 0.3 is 0 Å². The third-order valence-corrected chi connectivity index (χ3v) is 6.47. The first-order chi connectivity index (χ1) is 14.9. The molecule has 0 saturated carbocycles. The summed E-state index contributed by atoms with van der Waals surface area (Å²) >= 11 is 0. The lowest BCUT2D eigenvalue weighted by Crippen LogP contribution is -2.28. The summed E-state index contributed by atoms with van der Waals surface area (Å²) in [7, 11) is -7.41. The van der Waals surface area contributed by atoms with Gasteiger partial charge in [0.25, 0.3) is 20.0 Å². The van der Waals surface area contributed by atoms with Crippen LogP contribution in [0.4, 0.5) is 17.3 Å². The number of amides is 1. The lowest BCUT2D eigenvalue weighted by molar-refractivity contribution is -0.117. The molecule has 2 aromatic carbocycles. The molecule has 0 radical (unpaired) electrons. The maximum Gasteiger partial charge on any atom is 0.264 e. The van der Waals surface area contributed by atoms with Gasteiger partial charge in [-0.05, 0) is 61.5 Å². The molecule has 0 aliphatic carbocycles. The predicted molar refractivity (Wildman–Crippen MR) is 120 cm³/mol. The smallest absolute Gasteiger partial charge is 0.264 e. The fourth-order valence-corrected chi connectivity index (χ4v) is 4.16. The van der Waals surface area contributed by atoms with Crippen LogP contribution in [0.2, 0.25) is 0 Å². The molecule has 170 valence electrons. The molecule has 0 aliphatic rings. The Morgan fingerprint density at radius 3 is 1.72 bits per heavy atom. The van der Waals surface area contributed by atoms with Crippen LogP contribution in [0.3, 0.4) is 0 Å². The zero-order valence-electron chi connectivity index (χ0n) is 17.2. The van der Waals surface area contributed by atoms with Crippen molar-refractivity contribution in [3.8, 4) is 0 Å². The van der Waals surface area contributed by atoms with Crippen molar-refractivity contribution in [1.29, 1.82) is 0 Å². The number of carbonyl (C=O) groups excluding carboxylic acids is 1. The van der Waals surface area contributed by atoms with Gasteiger partial charge in [-0.15, -0.1) is 0 Å². The average Bonchev–Trinajstić information content (AvgIpc) is 2.68. The summed E-state index contributed by atoms with van der Waals surface area (Å²) in [6.07, 6.45) is 1.49. The van der Waals surface area contributed by atoms with E-state index in [-0.39, 0.29) is 15.7 Å². The van der Waals surface area contributed by atoms with Crippen molar-refractivity contribution in [2.24, 2.45) is 0 Å². The number of nitrogens with one attached hydrogen (secondary N) is 2. The molecule has 13 heteroatoms. The normalized spacial score (nSPS) is 11.1. The van der Waals surface area contributed by atoms with E-state index in [9.17, 15) is 21.6 Å². The van der Waals surface area contributed by atoms with Gasteiger partial charge in [-0.2, -0.15) is 0 Å². The number of benzene rings is 2. The molecular formula is C19H22N6O5S2. The molecule has 6 N–H and O–H groups in total. The second kappa shape index (κ2) is 10.1. The molecule has 0 spiro atoms. The van der Waals surface area contributed by atoms with E-state index in [1.807, 2.05) is 4.72 Å². The Morgan fingerprint density at radius 2 is 1.28 bits per heavy atom. The monoisotopic (exact) mass is 478 g/mol. The first kappa shape index (κ1) is 24.6. The van der Waals surface area contributed by atoms with E-state index in [0.29, 0.717) is 17.1 Å². The first-order valence-electron chi connectivity index (χ1n) is 8.96. The molecule has 3 aromatic rings. The largest absolute Gasteiger partial charge is 0.399 e. The van der Waals surface area contributed by atoms with Crippen molar-refractivity contribution in [1.82, 2.24) is 14.7 Å². The maximum absolute atomic E-state index is 12.0. The number of hydrogen-bond donors (Lipinski definition) is 4. The van der Waals surface area contributed by atoms with Crippen LogP contribution in [0.1, 0.15) is 12.6 Å². The van der Waals surface area contributed by atoms with Crippen LogP contribution in [0.15, 0.2) is 70.6 Å². The van der Waals surface area contributed by atoms with E-state index >= 15 is 0 Å². The van der Waals surface area contributed by atoms with Gasteiger partial charge in [0.2, 0.25) is 11.9 Å². The fourth-order valence-electron chi connectivity index (χ4n) is 2.22. The van der Waals surface area contributed by atoms with Crippen LogP contribution in [-0.2, 0) is 24.8 Å². The number of hydrogen-bond acceptors (Lipinski definition) is 9. The molecule has 1 aromatic heterocycles. The molecule has 0 aliphatic heterocycles. The highest BCUT2D eigenvalue weighted by molar-refractivity contribution is 7.92. The highest BCUT2D eigenvalue weighted by Gasteiger charge is 2.15. The van der Waals surface area contributed by atoms with Crippen molar-refractivity contribution >= 4 is 43.3 Å². The second-order valence-corrected chi connectivity index (χ2v) is 9.79. The van der Waals surface area contributed by atoms with Crippen molar-refractivity contribution in [2.45, 2.75) is 23.6 Å². The third-order valence-electron chi connectivity index (χ3n) is 3.68. The Kier molecular flexibility index (Phi) is 7.72. The molecule has 0 bridgehead atoms. The number of anilines is 3. The highest BCUT2D eigenvalue weighted by Crippen LogP contribution is 2.15. The summed E-state index contributed by atoms with van der Waals surface area (Å²) in [6.45, 7) is 2.89. The van der Waals surface area contributed by atoms with E-state index in [0.717, 1.165) is 6.92 Å². The number of nitrogens with zero attached hydrogens (tertiary/aromatic N) is 2. The summed E-state index contributed by atoms with van der Waals surface area (Å²) in [4.78, 5) is 18.5. The highest BCUT2D eigenvalue weighted by atomic mass is 32.2. The van der Waals surface area contributed by atoms with Gasteiger partial charge in [0.05, 0.1) is 9.79 Å². The molecular weight excluding hydrogens is 456 g/mol. The molecule has 1 amide bonds. The van der Waals surface area contributed by atoms with Gasteiger partial charge in [-0.3, -0.25) is 4.79 Å². The quantitative estimate of drug-likeness (QED) is 0.391. The standard InChI is InChI=1S/C11H12N4O2S.C8H10N2O3S/c1-8-6-7-13-11(14-8)15-18(16,17)10-4-2-9(12)3-5-10;1-6(11)10-14(12,13)8-4-2-7(9)3-5-8/h2-7H,12H2,1H3,(H,13,14,15);2-5H,9H2,1H3,(H,10,11). The molecule has 32 heavy (non-hydrogen) atoms. The van der Waals surface area contributed by atoms with Crippen LogP contribution in [0.5, 0.6) is 0 Å². The number of rotatable bonds is 5. The average molecular weight is 479 g/mol. The number of aryl methyl sites for hydroxylation is 1. The van der Waals surface area contributed by atoms with Crippen LogP contribution in [-0.4, -0.2) is 32.7 Å². The van der Waals surface area contributed by atoms with Crippen LogP contribution in [0, 0.1) is 6.92 Å². The minimum absolute atomic E-state index is 0.0156. The van der Waals surface area contributed by atoms with Gasteiger partial charge in [-0.25, -0.2) is 36.2 Å². The molecule has 0 saturated heterocycles. The minimum atomic E-state index is -3.73. The summed E-state index contributed by atoms with van der Waals surface area (Å²) < 4.78 is 50.9. The van der Waals surface area contributed by atoms with Crippen molar-refractivity contribution < 1.29 is 21.6 Å². The lowest BCUT2D eigenvalue weighted by Gasteiger charge is -2.06. The minimum Gasteiger partial charge on any atom is -0.399 e. The number of carbonyl (C=O) groups is 1. The zero-order chi connectivity index (χ0) is 23.9. The Labute approximate surface area is 186 Å². The second-order valence-electron chi connectivity index (χ2n) is 6.43. The zero-order valence-corrected chi connectivity index (χ0v) is 18.8. The molecule has 0 fully saturated rings.